The van der Waals surface area contributed by atoms with Crippen LogP contribution in [0.2, 0.25) is 0 Å². The predicted octanol–water partition coefficient (Wildman–Crippen LogP) is 2.27. The second-order valence-corrected chi connectivity index (χ2v) is 4.73. The van der Waals surface area contributed by atoms with Crippen molar-refractivity contribution in [2.75, 3.05) is 19.7 Å². The SMILES string of the molecule is CCCCC1CCNCC1CCCO[C]=O. The van der Waals surface area contributed by atoms with Gasteiger partial charge in [0.05, 0.1) is 6.61 Å². The maximum Gasteiger partial charge on any atom is 0.417 e. The summed E-state index contributed by atoms with van der Waals surface area (Å²) in [5.74, 6) is 1.65. The monoisotopic (exact) mass is 226 g/mol. The van der Waals surface area contributed by atoms with E-state index in [-0.39, 0.29) is 0 Å². The van der Waals surface area contributed by atoms with Gasteiger partial charge in [-0.2, -0.15) is 0 Å². The summed E-state index contributed by atoms with van der Waals surface area (Å²) >= 11 is 0. The van der Waals surface area contributed by atoms with Gasteiger partial charge in [-0.1, -0.05) is 26.2 Å². The molecule has 16 heavy (non-hydrogen) atoms. The summed E-state index contributed by atoms with van der Waals surface area (Å²) < 4.78 is 4.61. The molecule has 93 valence electrons. The van der Waals surface area contributed by atoms with Crippen molar-refractivity contribution in [1.82, 2.24) is 5.32 Å². The molecule has 2 atom stereocenters. The Bertz CT molecular complexity index is 185. The molecule has 0 aromatic heterocycles. The molecular weight excluding hydrogens is 202 g/mol. The van der Waals surface area contributed by atoms with Gasteiger partial charge in [0.2, 0.25) is 0 Å². The van der Waals surface area contributed by atoms with Crippen LogP contribution in [0.5, 0.6) is 0 Å². The lowest BCUT2D eigenvalue weighted by molar-refractivity contribution is 0.199. The van der Waals surface area contributed by atoms with Crippen LogP contribution in [0.1, 0.15) is 45.4 Å². The summed E-state index contributed by atoms with van der Waals surface area (Å²) in [5.41, 5.74) is 0. The van der Waals surface area contributed by atoms with Crippen molar-refractivity contribution in [2.24, 2.45) is 11.8 Å². The first-order chi connectivity index (χ1) is 7.88. The molecule has 0 aromatic carbocycles. The predicted molar refractivity (Wildman–Crippen MR) is 64.9 cm³/mol. The molecule has 0 aliphatic carbocycles. The van der Waals surface area contributed by atoms with Gasteiger partial charge in [-0.3, -0.25) is 0 Å². The molecule has 1 aliphatic heterocycles. The average Bonchev–Trinajstić information content (AvgIpc) is 2.33. The molecule has 1 heterocycles. The molecule has 1 radical (unpaired) electrons. The lowest BCUT2D eigenvalue weighted by atomic mass is 9.80. The summed E-state index contributed by atoms with van der Waals surface area (Å²) in [6, 6.07) is 0. The zero-order valence-electron chi connectivity index (χ0n) is 10.3. The Labute approximate surface area is 98.9 Å². The van der Waals surface area contributed by atoms with E-state index in [1.54, 1.807) is 0 Å². The molecule has 0 spiro atoms. The lowest BCUT2D eigenvalue weighted by Crippen LogP contribution is -2.36. The number of carbonyl (C=O) groups excluding carboxylic acids is 1. The summed E-state index contributed by atoms with van der Waals surface area (Å²) in [4.78, 5) is 9.90. The van der Waals surface area contributed by atoms with Gasteiger partial charge in [0.15, 0.2) is 0 Å². The quantitative estimate of drug-likeness (QED) is 0.645. The first-order valence-electron chi connectivity index (χ1n) is 6.58. The van der Waals surface area contributed by atoms with Gasteiger partial charge in [-0.15, -0.1) is 0 Å². The fourth-order valence-electron chi connectivity index (χ4n) is 2.62. The van der Waals surface area contributed by atoms with Gasteiger partial charge in [0, 0.05) is 0 Å². The van der Waals surface area contributed by atoms with Gasteiger partial charge in [0.25, 0.3) is 0 Å². The zero-order valence-corrected chi connectivity index (χ0v) is 10.3. The summed E-state index contributed by atoms with van der Waals surface area (Å²) in [6.45, 7) is 6.58. The second kappa shape index (κ2) is 8.57. The molecule has 3 heteroatoms. The van der Waals surface area contributed by atoms with Crippen LogP contribution < -0.4 is 5.32 Å². The highest BCUT2D eigenvalue weighted by Gasteiger charge is 2.23. The van der Waals surface area contributed by atoms with Crippen molar-refractivity contribution in [2.45, 2.75) is 45.4 Å². The number of ether oxygens (including phenoxy) is 1. The van der Waals surface area contributed by atoms with E-state index in [0.717, 1.165) is 24.8 Å². The van der Waals surface area contributed by atoms with Crippen LogP contribution in [0, 0.1) is 11.8 Å². The highest BCUT2D eigenvalue weighted by molar-refractivity contribution is 5.37. The Morgan fingerprint density at radius 1 is 1.31 bits per heavy atom. The van der Waals surface area contributed by atoms with Crippen LogP contribution in [0.4, 0.5) is 0 Å². The van der Waals surface area contributed by atoms with Crippen molar-refractivity contribution in [3.05, 3.63) is 0 Å². The minimum Gasteiger partial charge on any atom is -0.457 e. The van der Waals surface area contributed by atoms with E-state index < -0.39 is 0 Å². The van der Waals surface area contributed by atoms with E-state index in [9.17, 15) is 4.79 Å². The van der Waals surface area contributed by atoms with Crippen LogP contribution in [0.3, 0.4) is 0 Å². The molecule has 1 fully saturated rings. The number of nitrogens with one attached hydrogen (secondary N) is 1. The molecule has 1 N–H and O–H groups in total. The standard InChI is InChI=1S/C13H24NO2/c1-2-3-5-12-7-8-14-10-13(12)6-4-9-16-11-15/h12-14H,2-10H2,1H3. The largest absolute Gasteiger partial charge is 0.457 e. The van der Waals surface area contributed by atoms with Crippen LogP contribution in [0.25, 0.3) is 0 Å². The smallest absolute Gasteiger partial charge is 0.417 e. The Kier molecular flexibility index (Phi) is 7.23. The van der Waals surface area contributed by atoms with Crippen molar-refractivity contribution in [3.63, 3.8) is 0 Å². The molecule has 0 saturated carbocycles. The third-order valence-corrected chi connectivity index (χ3v) is 3.57. The molecule has 0 aromatic rings. The van der Waals surface area contributed by atoms with Crippen molar-refractivity contribution in [3.8, 4) is 0 Å². The molecule has 1 saturated heterocycles. The van der Waals surface area contributed by atoms with Crippen molar-refractivity contribution in [1.29, 1.82) is 0 Å². The number of piperidine rings is 1. The van der Waals surface area contributed by atoms with E-state index in [1.807, 2.05) is 0 Å². The summed E-state index contributed by atoms with van der Waals surface area (Å²) in [6.07, 6.45) is 7.46. The molecule has 1 aliphatic rings. The molecule has 0 amide bonds. The van der Waals surface area contributed by atoms with Crippen LogP contribution in [-0.2, 0) is 9.53 Å². The minimum atomic E-state index is 0.528. The van der Waals surface area contributed by atoms with E-state index >= 15 is 0 Å². The molecule has 2 unspecified atom stereocenters. The Hall–Kier alpha value is -0.570. The van der Waals surface area contributed by atoms with Gasteiger partial charge >= 0.3 is 6.47 Å². The molecular formula is C13H24NO2. The van der Waals surface area contributed by atoms with Crippen molar-refractivity contribution >= 4 is 6.47 Å². The average molecular weight is 226 g/mol. The minimum absolute atomic E-state index is 0.528. The maximum atomic E-state index is 9.90. The third-order valence-electron chi connectivity index (χ3n) is 3.57. The van der Waals surface area contributed by atoms with Gasteiger partial charge in [0.1, 0.15) is 0 Å². The second-order valence-electron chi connectivity index (χ2n) is 4.73. The fraction of sp³-hybridized carbons (Fsp3) is 0.923. The highest BCUT2D eigenvalue weighted by Crippen LogP contribution is 2.28. The topological polar surface area (TPSA) is 38.3 Å². The first-order valence-corrected chi connectivity index (χ1v) is 6.58. The first kappa shape index (κ1) is 13.5. The van der Waals surface area contributed by atoms with Crippen LogP contribution >= 0.6 is 0 Å². The van der Waals surface area contributed by atoms with E-state index in [4.69, 9.17) is 0 Å². The number of hydrogen-bond acceptors (Lipinski definition) is 3. The van der Waals surface area contributed by atoms with Crippen LogP contribution in [-0.4, -0.2) is 26.2 Å². The summed E-state index contributed by atoms with van der Waals surface area (Å²) in [7, 11) is 0. The third kappa shape index (κ3) is 4.97. The number of unbranched alkanes of at least 4 members (excludes halogenated alkanes) is 1. The molecule has 0 bridgehead atoms. The maximum absolute atomic E-state index is 9.90. The number of rotatable bonds is 8. The van der Waals surface area contributed by atoms with E-state index in [0.29, 0.717) is 6.61 Å². The van der Waals surface area contributed by atoms with E-state index in [2.05, 4.69) is 17.0 Å². The molecule has 1 rings (SSSR count). The lowest BCUT2D eigenvalue weighted by Gasteiger charge is -2.32. The normalized spacial score (nSPS) is 25.3. The number of hydrogen-bond donors (Lipinski definition) is 1. The van der Waals surface area contributed by atoms with Gasteiger partial charge in [-0.25, -0.2) is 4.79 Å². The van der Waals surface area contributed by atoms with E-state index in [1.165, 1.54) is 45.1 Å². The Morgan fingerprint density at radius 3 is 2.88 bits per heavy atom. The Morgan fingerprint density at radius 2 is 2.12 bits per heavy atom. The van der Waals surface area contributed by atoms with Gasteiger partial charge in [-0.05, 0) is 44.2 Å². The Balaban J connectivity index is 2.20. The zero-order chi connectivity index (χ0) is 11.6. The summed E-state index contributed by atoms with van der Waals surface area (Å²) in [5, 5.41) is 3.46. The van der Waals surface area contributed by atoms with Crippen LogP contribution in [0.15, 0.2) is 0 Å². The van der Waals surface area contributed by atoms with Gasteiger partial charge < -0.3 is 10.1 Å². The fourth-order valence-corrected chi connectivity index (χ4v) is 2.62. The van der Waals surface area contributed by atoms with Crippen molar-refractivity contribution < 1.29 is 9.53 Å². The highest BCUT2D eigenvalue weighted by atomic mass is 16.5. The molecule has 3 nitrogen and oxygen atoms in total.